The number of hydrogen-bond acceptors (Lipinski definition) is 3. The lowest BCUT2D eigenvalue weighted by atomic mass is 9.77. The molecule has 0 amide bonds. The molecular weight excluding hydrogens is 236 g/mol. The monoisotopic (exact) mass is 252 g/mol. The number of rotatable bonds is 2. The van der Waals surface area contributed by atoms with Crippen molar-refractivity contribution in [2.24, 2.45) is 0 Å². The Labute approximate surface area is 112 Å². The van der Waals surface area contributed by atoms with Crippen LogP contribution in [0, 0.1) is 18.3 Å². The Morgan fingerprint density at radius 2 is 2.21 bits per heavy atom. The minimum absolute atomic E-state index is 0.550. The van der Waals surface area contributed by atoms with Crippen molar-refractivity contribution in [3.63, 3.8) is 0 Å². The Kier molecular flexibility index (Phi) is 2.75. The second-order valence-electron chi connectivity index (χ2n) is 5.18. The molecule has 4 nitrogen and oxygen atoms in total. The number of benzene rings is 1. The molecule has 0 spiro atoms. The maximum absolute atomic E-state index is 9.19. The Morgan fingerprint density at radius 3 is 2.74 bits per heavy atom. The van der Waals surface area contributed by atoms with Crippen molar-refractivity contribution in [3.8, 4) is 17.5 Å². The first-order valence-electron chi connectivity index (χ1n) is 6.54. The van der Waals surface area contributed by atoms with Gasteiger partial charge in [-0.25, -0.2) is 4.98 Å². The van der Waals surface area contributed by atoms with Gasteiger partial charge in [0.2, 0.25) is 0 Å². The molecule has 2 aromatic rings. The van der Waals surface area contributed by atoms with Gasteiger partial charge in [-0.2, -0.15) is 5.26 Å². The smallest absolute Gasteiger partial charge is 0.139 e. The Hall–Kier alpha value is -2.28. The molecule has 4 heteroatoms. The third kappa shape index (κ3) is 1.97. The van der Waals surface area contributed by atoms with Gasteiger partial charge in [0.25, 0.3) is 0 Å². The number of H-pyrrole nitrogens is 1. The summed E-state index contributed by atoms with van der Waals surface area (Å²) in [5, 5.41) is 9.19. The Bertz CT molecular complexity index is 659. The van der Waals surface area contributed by atoms with Crippen LogP contribution in [0.1, 0.15) is 41.9 Å². The van der Waals surface area contributed by atoms with E-state index in [-0.39, 0.29) is 0 Å². The molecule has 0 unspecified atom stereocenters. The van der Waals surface area contributed by atoms with Gasteiger partial charge in [0, 0.05) is 5.56 Å². The highest BCUT2D eigenvalue weighted by Gasteiger charge is 2.24. The van der Waals surface area contributed by atoms with E-state index < -0.39 is 0 Å². The van der Waals surface area contributed by atoms with Gasteiger partial charge < -0.3 is 10.7 Å². The fraction of sp³-hybridized carbons (Fsp3) is 0.333. The van der Waals surface area contributed by atoms with Gasteiger partial charge in [-0.05, 0) is 42.9 Å². The highest BCUT2D eigenvalue weighted by atomic mass is 15.0. The highest BCUT2D eigenvalue weighted by molar-refractivity contribution is 5.67. The van der Waals surface area contributed by atoms with Crippen molar-refractivity contribution < 1.29 is 0 Å². The summed E-state index contributed by atoms with van der Waals surface area (Å²) in [6, 6.07) is 6.31. The molecule has 1 aliphatic carbocycles. The first kappa shape index (κ1) is 11.8. The van der Waals surface area contributed by atoms with E-state index in [2.05, 4.69) is 22.1 Å². The molecule has 0 atom stereocenters. The van der Waals surface area contributed by atoms with E-state index in [4.69, 9.17) is 5.73 Å². The molecule has 1 aromatic carbocycles. The highest BCUT2D eigenvalue weighted by Crippen LogP contribution is 2.41. The van der Waals surface area contributed by atoms with Crippen LogP contribution in [0.25, 0.3) is 11.4 Å². The van der Waals surface area contributed by atoms with Crippen molar-refractivity contribution in [1.82, 2.24) is 9.97 Å². The van der Waals surface area contributed by atoms with Crippen molar-refractivity contribution in [2.45, 2.75) is 32.1 Å². The molecule has 1 heterocycles. The minimum atomic E-state index is 0.550. The van der Waals surface area contributed by atoms with Crippen LogP contribution < -0.4 is 5.73 Å². The van der Waals surface area contributed by atoms with Gasteiger partial charge in [-0.1, -0.05) is 12.5 Å². The predicted octanol–water partition coefficient (Wildman–Crippen LogP) is 3.11. The zero-order valence-electron chi connectivity index (χ0n) is 10.9. The molecular formula is C15H16N4. The van der Waals surface area contributed by atoms with Crippen molar-refractivity contribution in [1.29, 1.82) is 5.26 Å². The summed E-state index contributed by atoms with van der Waals surface area (Å²) in [6.45, 7) is 1.99. The maximum atomic E-state index is 9.19. The second kappa shape index (κ2) is 4.43. The average molecular weight is 252 g/mol. The van der Waals surface area contributed by atoms with E-state index >= 15 is 0 Å². The first-order chi connectivity index (χ1) is 9.19. The van der Waals surface area contributed by atoms with Gasteiger partial charge >= 0.3 is 0 Å². The van der Waals surface area contributed by atoms with Crippen LogP contribution in [0.15, 0.2) is 18.3 Å². The summed E-state index contributed by atoms with van der Waals surface area (Å²) < 4.78 is 0. The second-order valence-corrected chi connectivity index (χ2v) is 5.18. The third-order valence-electron chi connectivity index (χ3n) is 3.91. The molecule has 3 N–H and O–H groups in total. The molecule has 96 valence electrons. The minimum Gasteiger partial charge on any atom is -0.384 e. The third-order valence-corrected chi connectivity index (χ3v) is 3.91. The van der Waals surface area contributed by atoms with Crippen LogP contribution in [0.4, 0.5) is 5.82 Å². The number of aromatic nitrogens is 2. The van der Waals surface area contributed by atoms with Crippen LogP contribution in [0.5, 0.6) is 0 Å². The molecule has 19 heavy (non-hydrogen) atoms. The molecule has 0 saturated heterocycles. The van der Waals surface area contributed by atoms with Crippen LogP contribution >= 0.6 is 0 Å². The summed E-state index contributed by atoms with van der Waals surface area (Å²) >= 11 is 0. The molecule has 1 aromatic heterocycles. The van der Waals surface area contributed by atoms with E-state index in [1.807, 2.05) is 13.0 Å². The molecule has 0 bridgehead atoms. The number of aryl methyl sites for hydroxylation is 1. The zero-order chi connectivity index (χ0) is 13.4. The summed E-state index contributed by atoms with van der Waals surface area (Å²) in [6.07, 6.45) is 5.33. The summed E-state index contributed by atoms with van der Waals surface area (Å²) in [5.74, 6) is 1.90. The van der Waals surface area contributed by atoms with E-state index in [0.717, 1.165) is 17.0 Å². The number of nitrogens with two attached hydrogens (primary N) is 1. The number of nitrogen functional groups attached to an aromatic ring is 1. The Morgan fingerprint density at radius 1 is 1.42 bits per heavy atom. The number of nitriles is 1. The molecule has 1 saturated carbocycles. The van der Waals surface area contributed by atoms with Crippen LogP contribution in [-0.4, -0.2) is 9.97 Å². The van der Waals surface area contributed by atoms with Gasteiger partial charge in [-0.3, -0.25) is 0 Å². The number of nitrogens with one attached hydrogen (secondary N) is 1. The molecule has 3 rings (SSSR count). The van der Waals surface area contributed by atoms with Crippen molar-refractivity contribution in [3.05, 3.63) is 35.0 Å². The fourth-order valence-corrected chi connectivity index (χ4v) is 2.59. The summed E-state index contributed by atoms with van der Waals surface area (Å²) in [4.78, 5) is 7.37. The van der Waals surface area contributed by atoms with Gasteiger partial charge in [-0.15, -0.1) is 0 Å². The standard InChI is InChI=1S/C15H16N4/c1-9-5-12(10-3-2-4-10)13(6-11(9)7-16)15-18-8-14(17)19-15/h5-6,8,10H,2-4,17H2,1H3,(H,18,19). The fourth-order valence-electron chi connectivity index (χ4n) is 2.59. The van der Waals surface area contributed by atoms with Gasteiger partial charge in [0.1, 0.15) is 11.6 Å². The topological polar surface area (TPSA) is 78.5 Å². The normalized spacial score (nSPS) is 14.9. The molecule has 1 aliphatic rings. The predicted molar refractivity (Wildman–Crippen MR) is 74.5 cm³/mol. The number of hydrogen-bond donors (Lipinski definition) is 2. The average Bonchev–Trinajstić information content (AvgIpc) is 2.74. The Balaban J connectivity index is 2.17. The number of imidazole rings is 1. The van der Waals surface area contributed by atoms with Gasteiger partial charge in [0.05, 0.1) is 17.8 Å². The maximum Gasteiger partial charge on any atom is 0.139 e. The number of nitrogens with zero attached hydrogens (tertiary/aromatic N) is 2. The summed E-state index contributed by atoms with van der Waals surface area (Å²) in [7, 11) is 0. The zero-order valence-corrected chi connectivity index (χ0v) is 10.9. The van der Waals surface area contributed by atoms with Crippen molar-refractivity contribution >= 4 is 5.82 Å². The van der Waals surface area contributed by atoms with Crippen LogP contribution in [-0.2, 0) is 0 Å². The van der Waals surface area contributed by atoms with E-state index in [9.17, 15) is 5.26 Å². The van der Waals surface area contributed by atoms with E-state index in [0.29, 0.717) is 17.3 Å². The van der Waals surface area contributed by atoms with Crippen LogP contribution in [0.3, 0.4) is 0 Å². The number of anilines is 1. The quantitative estimate of drug-likeness (QED) is 0.862. The lowest BCUT2D eigenvalue weighted by Gasteiger charge is -2.28. The van der Waals surface area contributed by atoms with Crippen LogP contribution in [0.2, 0.25) is 0 Å². The lowest BCUT2D eigenvalue weighted by Crippen LogP contribution is -2.11. The summed E-state index contributed by atoms with van der Waals surface area (Å²) in [5.41, 5.74) is 9.75. The molecule has 0 radical (unpaired) electrons. The number of aromatic amines is 1. The van der Waals surface area contributed by atoms with Gasteiger partial charge in [0.15, 0.2) is 0 Å². The largest absolute Gasteiger partial charge is 0.384 e. The SMILES string of the molecule is Cc1cc(C2CCC2)c(-c2ncc(N)[nH]2)cc1C#N. The van der Waals surface area contributed by atoms with E-state index in [1.54, 1.807) is 6.20 Å². The molecule has 1 fully saturated rings. The first-order valence-corrected chi connectivity index (χ1v) is 6.54. The van der Waals surface area contributed by atoms with E-state index in [1.165, 1.54) is 24.8 Å². The van der Waals surface area contributed by atoms with Crippen molar-refractivity contribution in [2.75, 3.05) is 5.73 Å². The molecule has 0 aliphatic heterocycles. The lowest BCUT2D eigenvalue weighted by molar-refractivity contribution is 0.420.